The Labute approximate surface area is 137 Å². The summed E-state index contributed by atoms with van der Waals surface area (Å²) in [5.74, 6) is -0.584. The number of alkyl halides is 3. The van der Waals surface area contributed by atoms with Crippen LogP contribution < -0.4 is 5.32 Å². The molecular formula is C14H10BrF3N4O. The van der Waals surface area contributed by atoms with E-state index in [1.165, 1.54) is 19.1 Å². The molecule has 2 aromatic rings. The summed E-state index contributed by atoms with van der Waals surface area (Å²) >= 11 is 2.84. The van der Waals surface area contributed by atoms with Crippen LogP contribution in [-0.4, -0.2) is 15.7 Å². The molecule has 0 aliphatic carbocycles. The van der Waals surface area contributed by atoms with E-state index in [0.717, 1.165) is 4.68 Å². The summed E-state index contributed by atoms with van der Waals surface area (Å²) in [6.07, 6.45) is -4.61. The Kier molecular flexibility index (Phi) is 4.75. The first-order valence-corrected chi connectivity index (χ1v) is 7.12. The molecule has 0 unspecified atom stereocenters. The van der Waals surface area contributed by atoms with Gasteiger partial charge in [-0.3, -0.25) is 9.48 Å². The molecule has 0 atom stereocenters. The van der Waals surface area contributed by atoms with Gasteiger partial charge in [-0.2, -0.15) is 23.5 Å². The minimum atomic E-state index is -4.61. The molecule has 5 nitrogen and oxygen atoms in total. The minimum absolute atomic E-state index is 0.182. The molecule has 0 fully saturated rings. The number of amides is 1. The normalized spacial score (nSPS) is 11.1. The zero-order valence-electron chi connectivity index (χ0n) is 11.8. The Morgan fingerprint density at radius 2 is 2.09 bits per heavy atom. The number of nitrogens with zero attached hydrogens (tertiary/aromatic N) is 3. The van der Waals surface area contributed by atoms with E-state index in [2.05, 4.69) is 26.3 Å². The van der Waals surface area contributed by atoms with Crippen LogP contribution in [-0.2, 0) is 17.5 Å². The predicted octanol–water partition coefficient (Wildman–Crippen LogP) is 3.48. The van der Waals surface area contributed by atoms with Crippen molar-refractivity contribution < 1.29 is 18.0 Å². The van der Waals surface area contributed by atoms with Gasteiger partial charge in [0.15, 0.2) is 5.69 Å². The van der Waals surface area contributed by atoms with Crippen LogP contribution in [0.15, 0.2) is 28.7 Å². The highest BCUT2D eigenvalue weighted by Gasteiger charge is 2.38. The third-order valence-electron chi connectivity index (χ3n) is 3.02. The SMILES string of the molecule is Cc1c(Br)c(C(F)(F)F)nn1CC(=O)Nc1ccccc1C#N. The van der Waals surface area contributed by atoms with Crippen LogP contribution in [0.2, 0.25) is 0 Å². The van der Waals surface area contributed by atoms with E-state index in [-0.39, 0.29) is 15.7 Å². The number of anilines is 1. The molecule has 1 aromatic carbocycles. The van der Waals surface area contributed by atoms with Crippen LogP contribution >= 0.6 is 15.9 Å². The first-order valence-electron chi connectivity index (χ1n) is 6.33. The molecule has 9 heteroatoms. The summed E-state index contributed by atoms with van der Waals surface area (Å²) in [7, 11) is 0. The second-order valence-electron chi connectivity index (χ2n) is 4.61. The molecule has 0 aliphatic rings. The van der Waals surface area contributed by atoms with Crippen molar-refractivity contribution in [2.24, 2.45) is 0 Å². The van der Waals surface area contributed by atoms with Crippen LogP contribution in [0.25, 0.3) is 0 Å². The number of halogens is 4. The second kappa shape index (κ2) is 6.42. The zero-order valence-corrected chi connectivity index (χ0v) is 13.4. The van der Waals surface area contributed by atoms with Gasteiger partial charge in [-0.15, -0.1) is 0 Å². The lowest BCUT2D eigenvalue weighted by atomic mass is 10.2. The van der Waals surface area contributed by atoms with Gasteiger partial charge in [0.1, 0.15) is 12.6 Å². The largest absolute Gasteiger partial charge is 0.436 e. The van der Waals surface area contributed by atoms with Gasteiger partial charge in [0.25, 0.3) is 0 Å². The molecule has 1 N–H and O–H groups in total. The van der Waals surface area contributed by atoms with Crippen molar-refractivity contribution in [2.75, 3.05) is 5.32 Å². The van der Waals surface area contributed by atoms with Crippen LogP contribution in [0.1, 0.15) is 17.0 Å². The lowest BCUT2D eigenvalue weighted by Gasteiger charge is -2.08. The molecule has 120 valence electrons. The summed E-state index contributed by atoms with van der Waals surface area (Å²) in [6, 6.07) is 8.24. The van der Waals surface area contributed by atoms with Gasteiger partial charge in [0.05, 0.1) is 21.4 Å². The number of carbonyl (C=O) groups excluding carboxylic acids is 1. The van der Waals surface area contributed by atoms with Crippen LogP contribution in [0.4, 0.5) is 18.9 Å². The van der Waals surface area contributed by atoms with Gasteiger partial charge in [0, 0.05) is 0 Å². The van der Waals surface area contributed by atoms with Crippen LogP contribution in [0, 0.1) is 18.3 Å². The molecule has 0 radical (unpaired) electrons. The lowest BCUT2D eigenvalue weighted by Crippen LogP contribution is -2.21. The van der Waals surface area contributed by atoms with Crippen molar-refractivity contribution in [3.05, 3.63) is 45.7 Å². The molecular weight excluding hydrogens is 377 g/mol. The maximum Gasteiger partial charge on any atom is 0.436 e. The van der Waals surface area contributed by atoms with E-state index in [0.29, 0.717) is 5.69 Å². The van der Waals surface area contributed by atoms with E-state index in [9.17, 15) is 18.0 Å². The number of nitriles is 1. The third-order valence-corrected chi connectivity index (χ3v) is 3.97. The number of hydrogen-bond acceptors (Lipinski definition) is 3. The van der Waals surface area contributed by atoms with Crippen molar-refractivity contribution in [1.82, 2.24) is 9.78 Å². The van der Waals surface area contributed by atoms with Crippen LogP contribution in [0.3, 0.4) is 0 Å². The van der Waals surface area contributed by atoms with Gasteiger partial charge in [0.2, 0.25) is 5.91 Å². The smallest absolute Gasteiger partial charge is 0.323 e. The second-order valence-corrected chi connectivity index (χ2v) is 5.40. The quantitative estimate of drug-likeness (QED) is 0.877. The standard InChI is InChI=1S/C14H10BrF3N4O/c1-8-12(15)13(14(16,17)18)21-22(8)7-11(23)20-10-5-3-2-4-9(10)6-19/h2-5H,7H2,1H3,(H,20,23). The Morgan fingerprint density at radius 1 is 1.43 bits per heavy atom. The van der Waals surface area contributed by atoms with Crippen molar-refractivity contribution in [3.63, 3.8) is 0 Å². The number of para-hydroxylation sites is 1. The molecule has 2 rings (SSSR count). The predicted molar refractivity (Wildman–Crippen MR) is 79.5 cm³/mol. The van der Waals surface area contributed by atoms with Crippen molar-refractivity contribution in [3.8, 4) is 6.07 Å². The molecule has 0 saturated heterocycles. The van der Waals surface area contributed by atoms with E-state index in [1.807, 2.05) is 6.07 Å². The highest BCUT2D eigenvalue weighted by atomic mass is 79.9. The Morgan fingerprint density at radius 3 is 2.65 bits per heavy atom. The van der Waals surface area contributed by atoms with Gasteiger partial charge >= 0.3 is 6.18 Å². The molecule has 0 bridgehead atoms. The fourth-order valence-corrected chi connectivity index (χ4v) is 2.38. The minimum Gasteiger partial charge on any atom is -0.323 e. The fourth-order valence-electron chi connectivity index (χ4n) is 1.87. The number of benzene rings is 1. The van der Waals surface area contributed by atoms with Gasteiger partial charge in [-0.25, -0.2) is 0 Å². The van der Waals surface area contributed by atoms with Crippen molar-refractivity contribution >= 4 is 27.5 Å². The fraction of sp³-hybridized carbons (Fsp3) is 0.214. The number of rotatable bonds is 3. The Hall–Kier alpha value is -2.34. The molecule has 23 heavy (non-hydrogen) atoms. The average Bonchev–Trinajstić information content (AvgIpc) is 2.76. The maximum absolute atomic E-state index is 12.8. The summed E-state index contributed by atoms with van der Waals surface area (Å²) in [6.45, 7) is 1.02. The Bertz CT molecular complexity index is 792. The zero-order chi connectivity index (χ0) is 17.2. The Balaban J connectivity index is 2.20. The number of hydrogen-bond donors (Lipinski definition) is 1. The summed E-state index contributed by atoms with van der Waals surface area (Å²) in [5, 5.41) is 14.9. The summed E-state index contributed by atoms with van der Waals surface area (Å²) in [4.78, 5) is 12.0. The first-order chi connectivity index (χ1) is 10.7. The van der Waals surface area contributed by atoms with E-state index in [1.54, 1.807) is 12.1 Å². The topological polar surface area (TPSA) is 70.7 Å². The van der Waals surface area contributed by atoms with Crippen LogP contribution in [0.5, 0.6) is 0 Å². The average molecular weight is 387 g/mol. The molecule has 0 saturated carbocycles. The molecule has 1 amide bonds. The van der Waals surface area contributed by atoms with E-state index < -0.39 is 24.3 Å². The van der Waals surface area contributed by atoms with Crippen molar-refractivity contribution in [2.45, 2.75) is 19.6 Å². The maximum atomic E-state index is 12.8. The molecule has 0 spiro atoms. The van der Waals surface area contributed by atoms with Gasteiger partial charge < -0.3 is 5.32 Å². The summed E-state index contributed by atoms with van der Waals surface area (Å²) in [5.41, 5.74) is -0.351. The molecule has 1 aromatic heterocycles. The van der Waals surface area contributed by atoms with E-state index in [4.69, 9.17) is 5.26 Å². The highest BCUT2D eigenvalue weighted by molar-refractivity contribution is 9.10. The first kappa shape index (κ1) is 17.0. The molecule has 0 aliphatic heterocycles. The number of nitrogens with one attached hydrogen (secondary N) is 1. The number of aromatic nitrogens is 2. The summed E-state index contributed by atoms with van der Waals surface area (Å²) < 4.78 is 39.1. The molecule has 1 heterocycles. The third kappa shape index (κ3) is 3.71. The highest BCUT2D eigenvalue weighted by Crippen LogP contribution is 2.35. The van der Waals surface area contributed by atoms with E-state index >= 15 is 0 Å². The monoisotopic (exact) mass is 386 g/mol. The lowest BCUT2D eigenvalue weighted by molar-refractivity contribution is -0.142. The van der Waals surface area contributed by atoms with Crippen molar-refractivity contribution in [1.29, 1.82) is 5.26 Å². The van der Waals surface area contributed by atoms with Gasteiger partial charge in [-0.05, 0) is 35.0 Å². The number of carbonyl (C=O) groups is 1. The van der Waals surface area contributed by atoms with Gasteiger partial charge in [-0.1, -0.05) is 12.1 Å².